The normalized spacial score (nSPS) is 10.5. The van der Waals surface area contributed by atoms with Crippen LogP contribution in [0.5, 0.6) is 5.75 Å². The second kappa shape index (κ2) is 9.54. The predicted octanol–water partition coefficient (Wildman–Crippen LogP) is 4.93. The molecule has 2 N–H and O–H groups in total. The summed E-state index contributed by atoms with van der Waals surface area (Å²) in [6.45, 7) is 6.11. The molecule has 7 nitrogen and oxygen atoms in total. The van der Waals surface area contributed by atoms with Crippen LogP contribution in [0.3, 0.4) is 0 Å². The Morgan fingerprint density at radius 3 is 2.28 bits per heavy atom. The van der Waals surface area contributed by atoms with Crippen molar-refractivity contribution in [1.29, 1.82) is 0 Å². The molecule has 3 rings (SSSR count). The summed E-state index contributed by atoms with van der Waals surface area (Å²) in [6, 6.07) is 16.4. The van der Waals surface area contributed by atoms with E-state index in [1.54, 1.807) is 43.5 Å². The third kappa shape index (κ3) is 5.93. The molecule has 0 aliphatic carbocycles. The van der Waals surface area contributed by atoms with Gasteiger partial charge in [-0.3, -0.25) is 0 Å². The molecule has 1 heterocycles. The number of anilines is 4. The highest BCUT2D eigenvalue weighted by molar-refractivity contribution is 5.89. The van der Waals surface area contributed by atoms with Gasteiger partial charge in [-0.2, -0.15) is 4.98 Å². The third-order valence-electron chi connectivity index (χ3n) is 3.81. The Morgan fingerprint density at radius 1 is 0.966 bits per heavy atom. The summed E-state index contributed by atoms with van der Waals surface area (Å²) in [6.07, 6.45) is 1.80. The van der Waals surface area contributed by atoms with Crippen molar-refractivity contribution in [2.45, 2.75) is 26.9 Å². The smallest absolute Gasteiger partial charge is 0.338 e. The number of hydrogen-bond acceptors (Lipinski definition) is 7. The van der Waals surface area contributed by atoms with Gasteiger partial charge in [-0.05, 0) is 75.4 Å². The molecule has 0 saturated heterocycles. The number of esters is 1. The maximum absolute atomic E-state index is 11.7. The van der Waals surface area contributed by atoms with Gasteiger partial charge in [-0.1, -0.05) is 0 Å². The Balaban J connectivity index is 1.64. The molecule has 0 unspecified atom stereocenters. The van der Waals surface area contributed by atoms with E-state index in [0.717, 1.165) is 17.1 Å². The largest absolute Gasteiger partial charge is 0.491 e. The molecule has 29 heavy (non-hydrogen) atoms. The number of nitrogens with one attached hydrogen (secondary N) is 2. The lowest BCUT2D eigenvalue weighted by atomic mass is 10.2. The lowest BCUT2D eigenvalue weighted by Crippen LogP contribution is -2.05. The Kier molecular flexibility index (Phi) is 6.63. The summed E-state index contributed by atoms with van der Waals surface area (Å²) in [5, 5.41) is 6.37. The van der Waals surface area contributed by atoms with Gasteiger partial charge in [-0.25, -0.2) is 9.78 Å². The van der Waals surface area contributed by atoms with Crippen LogP contribution in [-0.4, -0.2) is 28.6 Å². The maximum atomic E-state index is 11.7. The Bertz CT molecular complexity index is 941. The molecule has 0 fully saturated rings. The molecule has 0 bridgehead atoms. The average molecular weight is 392 g/mol. The Morgan fingerprint density at radius 2 is 1.62 bits per heavy atom. The highest BCUT2D eigenvalue weighted by atomic mass is 16.5. The SMILES string of the molecule is CCOC(=O)c1ccc(Nc2nccc(Nc3ccc(OC(C)C)cc3)n2)cc1. The van der Waals surface area contributed by atoms with Crippen molar-refractivity contribution in [2.24, 2.45) is 0 Å². The molecule has 150 valence electrons. The average Bonchev–Trinajstić information content (AvgIpc) is 2.70. The second-order valence-corrected chi connectivity index (χ2v) is 6.50. The summed E-state index contributed by atoms with van der Waals surface area (Å²) in [7, 11) is 0. The number of carbonyl (C=O) groups excluding carboxylic acids is 1. The van der Waals surface area contributed by atoms with Gasteiger partial charge in [0.25, 0.3) is 0 Å². The van der Waals surface area contributed by atoms with Crippen molar-refractivity contribution in [3.05, 3.63) is 66.4 Å². The van der Waals surface area contributed by atoms with E-state index in [-0.39, 0.29) is 12.1 Å². The number of aromatic nitrogens is 2. The molecule has 0 atom stereocenters. The van der Waals surface area contributed by atoms with Gasteiger partial charge in [-0.15, -0.1) is 0 Å². The molecule has 0 aliphatic heterocycles. The quantitative estimate of drug-likeness (QED) is 0.526. The first-order valence-electron chi connectivity index (χ1n) is 9.44. The van der Waals surface area contributed by atoms with Gasteiger partial charge in [0.05, 0.1) is 18.3 Å². The van der Waals surface area contributed by atoms with Crippen molar-refractivity contribution < 1.29 is 14.3 Å². The number of benzene rings is 2. The fourth-order valence-corrected chi connectivity index (χ4v) is 2.56. The van der Waals surface area contributed by atoms with Crippen LogP contribution in [0.4, 0.5) is 23.1 Å². The highest BCUT2D eigenvalue weighted by Gasteiger charge is 2.07. The van der Waals surface area contributed by atoms with Gasteiger partial charge < -0.3 is 20.1 Å². The lowest BCUT2D eigenvalue weighted by Gasteiger charge is -2.11. The van der Waals surface area contributed by atoms with Crippen LogP contribution in [-0.2, 0) is 4.74 Å². The zero-order valence-electron chi connectivity index (χ0n) is 16.7. The molecule has 0 amide bonds. The molecule has 7 heteroatoms. The minimum absolute atomic E-state index is 0.135. The fraction of sp³-hybridized carbons (Fsp3) is 0.227. The minimum atomic E-state index is -0.341. The van der Waals surface area contributed by atoms with Crippen molar-refractivity contribution in [1.82, 2.24) is 9.97 Å². The molecule has 0 aliphatic rings. The molecule has 3 aromatic rings. The van der Waals surface area contributed by atoms with E-state index in [9.17, 15) is 4.79 Å². The topological polar surface area (TPSA) is 85.4 Å². The number of nitrogens with zero attached hydrogens (tertiary/aromatic N) is 2. The number of hydrogen-bond donors (Lipinski definition) is 2. The van der Waals surface area contributed by atoms with Crippen LogP contribution in [0.1, 0.15) is 31.1 Å². The first-order valence-corrected chi connectivity index (χ1v) is 9.44. The predicted molar refractivity (Wildman–Crippen MR) is 113 cm³/mol. The monoisotopic (exact) mass is 392 g/mol. The van der Waals surface area contributed by atoms with Crippen molar-refractivity contribution in [2.75, 3.05) is 17.2 Å². The van der Waals surface area contributed by atoms with E-state index in [1.165, 1.54) is 0 Å². The maximum Gasteiger partial charge on any atom is 0.338 e. The van der Waals surface area contributed by atoms with Gasteiger partial charge >= 0.3 is 5.97 Å². The Labute approximate surface area is 170 Å². The van der Waals surface area contributed by atoms with Crippen LogP contribution in [0, 0.1) is 0 Å². The van der Waals surface area contributed by atoms with E-state index in [1.807, 2.05) is 38.1 Å². The first-order chi connectivity index (χ1) is 14.0. The summed E-state index contributed by atoms with van der Waals surface area (Å²) < 4.78 is 10.6. The van der Waals surface area contributed by atoms with Crippen LogP contribution in [0.15, 0.2) is 60.8 Å². The van der Waals surface area contributed by atoms with Gasteiger partial charge in [0.15, 0.2) is 0 Å². The molecule has 2 aromatic carbocycles. The minimum Gasteiger partial charge on any atom is -0.491 e. The summed E-state index contributed by atoms with van der Waals surface area (Å²) in [5.74, 6) is 1.58. The second-order valence-electron chi connectivity index (χ2n) is 6.50. The molecule has 1 aromatic heterocycles. The van der Waals surface area contributed by atoms with Crippen LogP contribution in [0.25, 0.3) is 0 Å². The van der Waals surface area contributed by atoms with Gasteiger partial charge in [0.2, 0.25) is 5.95 Å². The highest BCUT2D eigenvalue weighted by Crippen LogP contribution is 2.21. The third-order valence-corrected chi connectivity index (χ3v) is 3.81. The standard InChI is InChI=1S/C22H24N4O3/c1-4-28-21(27)16-5-7-18(8-6-16)25-22-23-14-13-20(26-22)24-17-9-11-19(12-10-17)29-15(2)3/h5-15H,4H2,1-3H3,(H2,23,24,25,26). The van der Waals surface area contributed by atoms with E-state index in [4.69, 9.17) is 9.47 Å². The molecule has 0 saturated carbocycles. The number of ether oxygens (including phenoxy) is 2. The Hall–Kier alpha value is -3.61. The van der Waals surface area contributed by atoms with Crippen LogP contribution < -0.4 is 15.4 Å². The van der Waals surface area contributed by atoms with E-state index >= 15 is 0 Å². The van der Waals surface area contributed by atoms with Gasteiger partial charge in [0, 0.05) is 17.6 Å². The zero-order valence-corrected chi connectivity index (χ0v) is 16.7. The van der Waals surface area contributed by atoms with E-state index in [0.29, 0.717) is 23.9 Å². The molecule has 0 spiro atoms. The number of carbonyl (C=O) groups is 1. The lowest BCUT2D eigenvalue weighted by molar-refractivity contribution is 0.0526. The summed E-state index contributed by atoms with van der Waals surface area (Å²) in [5.41, 5.74) is 2.16. The number of rotatable bonds is 8. The van der Waals surface area contributed by atoms with Crippen molar-refractivity contribution >= 4 is 29.1 Å². The van der Waals surface area contributed by atoms with Crippen LogP contribution >= 0.6 is 0 Å². The zero-order chi connectivity index (χ0) is 20.6. The van der Waals surface area contributed by atoms with Crippen molar-refractivity contribution in [3.8, 4) is 5.75 Å². The summed E-state index contributed by atoms with van der Waals surface area (Å²) in [4.78, 5) is 20.4. The molecular formula is C22H24N4O3. The van der Waals surface area contributed by atoms with Crippen molar-refractivity contribution in [3.63, 3.8) is 0 Å². The van der Waals surface area contributed by atoms with E-state index in [2.05, 4.69) is 20.6 Å². The first kappa shape index (κ1) is 20.1. The molecule has 0 radical (unpaired) electrons. The van der Waals surface area contributed by atoms with E-state index < -0.39 is 0 Å². The summed E-state index contributed by atoms with van der Waals surface area (Å²) >= 11 is 0. The fourth-order valence-electron chi connectivity index (χ4n) is 2.56. The van der Waals surface area contributed by atoms with Gasteiger partial charge in [0.1, 0.15) is 11.6 Å². The molecular weight excluding hydrogens is 368 g/mol. The van der Waals surface area contributed by atoms with Crippen LogP contribution in [0.2, 0.25) is 0 Å².